The molecule has 0 atom stereocenters. The van der Waals surface area contributed by atoms with Gasteiger partial charge in [-0.2, -0.15) is 0 Å². The molecule has 1 heterocycles. The van der Waals surface area contributed by atoms with Gasteiger partial charge in [-0.1, -0.05) is 26.2 Å². The van der Waals surface area contributed by atoms with Gasteiger partial charge in [0.1, 0.15) is 0 Å². The molecule has 0 spiro atoms. The maximum absolute atomic E-state index is 11.1. The number of likely N-dealkylation sites (tertiary alicyclic amines) is 1. The molecule has 1 saturated carbocycles. The molecule has 0 unspecified atom stereocenters. The zero-order valence-electron chi connectivity index (χ0n) is 11.2. The van der Waals surface area contributed by atoms with Gasteiger partial charge in [-0.05, 0) is 32.2 Å². The highest BCUT2D eigenvalue weighted by molar-refractivity contribution is 5.03. The van der Waals surface area contributed by atoms with Crippen molar-refractivity contribution in [3.63, 3.8) is 0 Å². The smallest absolute Gasteiger partial charge is 0.0740 e. The van der Waals surface area contributed by atoms with Gasteiger partial charge in [0.05, 0.1) is 5.60 Å². The summed E-state index contributed by atoms with van der Waals surface area (Å²) < 4.78 is 0. The van der Waals surface area contributed by atoms with E-state index in [4.69, 9.17) is 5.73 Å². The highest BCUT2D eigenvalue weighted by Gasteiger charge is 2.50. The van der Waals surface area contributed by atoms with Gasteiger partial charge in [-0.3, -0.25) is 0 Å². The van der Waals surface area contributed by atoms with Crippen molar-refractivity contribution in [2.24, 2.45) is 11.1 Å². The second-order valence-electron chi connectivity index (χ2n) is 6.01. The summed E-state index contributed by atoms with van der Waals surface area (Å²) in [5, 5.41) is 11.1. The maximum atomic E-state index is 11.1. The van der Waals surface area contributed by atoms with Crippen molar-refractivity contribution in [1.29, 1.82) is 0 Å². The molecule has 1 aliphatic heterocycles. The average molecular weight is 240 g/mol. The summed E-state index contributed by atoms with van der Waals surface area (Å²) in [6.45, 7) is 6.04. The van der Waals surface area contributed by atoms with Crippen molar-refractivity contribution in [3.8, 4) is 0 Å². The molecule has 0 amide bonds. The molecule has 3 heteroatoms. The van der Waals surface area contributed by atoms with Crippen LogP contribution in [-0.2, 0) is 0 Å². The largest absolute Gasteiger partial charge is 0.389 e. The molecule has 17 heavy (non-hydrogen) atoms. The summed E-state index contributed by atoms with van der Waals surface area (Å²) in [7, 11) is 0. The minimum absolute atomic E-state index is 0.0189. The molecule has 2 fully saturated rings. The van der Waals surface area contributed by atoms with Gasteiger partial charge < -0.3 is 15.7 Å². The average Bonchev–Trinajstić information content (AvgIpc) is 2.40. The second-order valence-corrected chi connectivity index (χ2v) is 6.01. The lowest BCUT2D eigenvalue weighted by atomic mass is 9.60. The van der Waals surface area contributed by atoms with Crippen molar-refractivity contribution in [2.45, 2.75) is 57.5 Å². The van der Waals surface area contributed by atoms with Crippen molar-refractivity contribution in [2.75, 3.05) is 26.2 Å². The number of piperidine rings is 1. The van der Waals surface area contributed by atoms with E-state index < -0.39 is 5.60 Å². The Morgan fingerprint density at radius 1 is 1.06 bits per heavy atom. The topological polar surface area (TPSA) is 49.5 Å². The number of hydrogen-bond acceptors (Lipinski definition) is 3. The molecular weight excluding hydrogens is 212 g/mol. The van der Waals surface area contributed by atoms with E-state index in [-0.39, 0.29) is 5.41 Å². The van der Waals surface area contributed by atoms with Gasteiger partial charge in [0.15, 0.2) is 0 Å². The molecule has 1 saturated heterocycles. The fourth-order valence-corrected chi connectivity index (χ4v) is 3.86. The Morgan fingerprint density at radius 3 is 2.12 bits per heavy atom. The Bertz CT molecular complexity index is 241. The summed E-state index contributed by atoms with van der Waals surface area (Å²) in [4.78, 5) is 2.43. The van der Waals surface area contributed by atoms with Crippen molar-refractivity contribution in [3.05, 3.63) is 0 Å². The lowest BCUT2D eigenvalue weighted by Gasteiger charge is -2.52. The lowest BCUT2D eigenvalue weighted by Crippen LogP contribution is -2.58. The van der Waals surface area contributed by atoms with Gasteiger partial charge in [-0.25, -0.2) is 0 Å². The summed E-state index contributed by atoms with van der Waals surface area (Å²) in [6, 6.07) is 0. The third-order valence-electron chi connectivity index (χ3n) is 5.32. The van der Waals surface area contributed by atoms with Crippen LogP contribution in [0.3, 0.4) is 0 Å². The monoisotopic (exact) mass is 240 g/mol. The number of hydrogen-bond donors (Lipinski definition) is 2. The van der Waals surface area contributed by atoms with Gasteiger partial charge in [-0.15, -0.1) is 0 Å². The Labute approximate surface area is 105 Å². The van der Waals surface area contributed by atoms with Crippen LogP contribution in [-0.4, -0.2) is 41.8 Å². The highest BCUT2D eigenvalue weighted by Crippen LogP contribution is 2.48. The molecule has 1 aliphatic carbocycles. The molecule has 2 aliphatic rings. The number of nitrogens with zero attached hydrogens (tertiary/aromatic N) is 1. The van der Waals surface area contributed by atoms with E-state index in [1.54, 1.807) is 0 Å². The van der Waals surface area contributed by atoms with E-state index in [2.05, 4.69) is 11.8 Å². The lowest BCUT2D eigenvalue weighted by molar-refractivity contribution is -0.131. The second kappa shape index (κ2) is 5.25. The van der Waals surface area contributed by atoms with E-state index in [0.717, 1.165) is 45.3 Å². The Kier molecular flexibility index (Phi) is 4.11. The van der Waals surface area contributed by atoms with Crippen LogP contribution in [0.1, 0.15) is 51.9 Å². The SMILES string of the molecule is CCN1CCC(O)(C2(CN)CCCCC2)CC1. The summed E-state index contributed by atoms with van der Waals surface area (Å²) in [6.07, 6.45) is 7.90. The third-order valence-corrected chi connectivity index (χ3v) is 5.32. The quantitative estimate of drug-likeness (QED) is 0.790. The van der Waals surface area contributed by atoms with Gasteiger partial charge in [0.2, 0.25) is 0 Å². The first-order chi connectivity index (χ1) is 8.16. The molecule has 0 aromatic carbocycles. The maximum Gasteiger partial charge on any atom is 0.0740 e. The van der Waals surface area contributed by atoms with Crippen molar-refractivity contribution >= 4 is 0 Å². The van der Waals surface area contributed by atoms with Crippen LogP contribution in [0.15, 0.2) is 0 Å². The van der Waals surface area contributed by atoms with Crippen molar-refractivity contribution < 1.29 is 5.11 Å². The van der Waals surface area contributed by atoms with E-state index in [0.29, 0.717) is 6.54 Å². The Hall–Kier alpha value is -0.120. The van der Waals surface area contributed by atoms with Crippen molar-refractivity contribution in [1.82, 2.24) is 4.90 Å². The molecule has 3 nitrogen and oxygen atoms in total. The fraction of sp³-hybridized carbons (Fsp3) is 1.00. The molecule has 0 radical (unpaired) electrons. The first kappa shape index (κ1) is 13.3. The Morgan fingerprint density at radius 2 is 1.65 bits per heavy atom. The predicted molar refractivity (Wildman–Crippen MR) is 70.9 cm³/mol. The van der Waals surface area contributed by atoms with E-state index in [1.165, 1.54) is 19.3 Å². The molecule has 0 bridgehead atoms. The summed E-state index contributed by atoms with van der Waals surface area (Å²) in [5.74, 6) is 0. The van der Waals surface area contributed by atoms with E-state index >= 15 is 0 Å². The fourth-order valence-electron chi connectivity index (χ4n) is 3.86. The van der Waals surface area contributed by atoms with Crippen LogP contribution >= 0.6 is 0 Å². The standard InChI is InChI=1S/C14H28N2O/c1-2-16-10-8-14(17,9-11-16)13(12-15)6-4-3-5-7-13/h17H,2-12,15H2,1H3. The summed E-state index contributed by atoms with van der Waals surface area (Å²) in [5.41, 5.74) is 5.57. The van der Waals surface area contributed by atoms with Crippen LogP contribution in [0.2, 0.25) is 0 Å². The molecule has 100 valence electrons. The number of aliphatic hydroxyl groups is 1. The zero-order chi connectivity index (χ0) is 12.4. The van der Waals surface area contributed by atoms with Crippen LogP contribution < -0.4 is 5.73 Å². The zero-order valence-corrected chi connectivity index (χ0v) is 11.2. The van der Waals surface area contributed by atoms with Gasteiger partial charge in [0, 0.05) is 25.0 Å². The first-order valence-corrected chi connectivity index (χ1v) is 7.31. The van der Waals surface area contributed by atoms with E-state index in [1.807, 2.05) is 0 Å². The van der Waals surface area contributed by atoms with Crippen LogP contribution in [0.5, 0.6) is 0 Å². The number of rotatable bonds is 3. The van der Waals surface area contributed by atoms with Crippen LogP contribution in [0.25, 0.3) is 0 Å². The molecule has 3 N–H and O–H groups in total. The van der Waals surface area contributed by atoms with Crippen LogP contribution in [0.4, 0.5) is 0 Å². The molecular formula is C14H28N2O. The third kappa shape index (κ3) is 2.38. The summed E-state index contributed by atoms with van der Waals surface area (Å²) >= 11 is 0. The van der Waals surface area contributed by atoms with Gasteiger partial charge in [0.25, 0.3) is 0 Å². The Balaban J connectivity index is 2.08. The highest BCUT2D eigenvalue weighted by atomic mass is 16.3. The first-order valence-electron chi connectivity index (χ1n) is 7.31. The molecule has 0 aromatic rings. The molecule has 2 rings (SSSR count). The minimum atomic E-state index is -0.492. The predicted octanol–water partition coefficient (Wildman–Crippen LogP) is 1.74. The molecule has 0 aromatic heterocycles. The van der Waals surface area contributed by atoms with Crippen LogP contribution in [0, 0.1) is 5.41 Å². The number of nitrogens with two attached hydrogens (primary N) is 1. The van der Waals surface area contributed by atoms with Gasteiger partial charge >= 0.3 is 0 Å². The van der Waals surface area contributed by atoms with E-state index in [9.17, 15) is 5.11 Å². The minimum Gasteiger partial charge on any atom is -0.389 e. The normalized spacial score (nSPS) is 29.1.